The summed E-state index contributed by atoms with van der Waals surface area (Å²) in [6, 6.07) is 13.0. The Morgan fingerprint density at radius 1 is 1.19 bits per heavy atom. The van der Waals surface area contributed by atoms with Gasteiger partial charge in [-0.25, -0.2) is 4.98 Å². The predicted octanol–water partition coefficient (Wildman–Crippen LogP) is 5.48. The van der Waals surface area contributed by atoms with E-state index in [1.807, 2.05) is 0 Å². The highest BCUT2D eigenvalue weighted by Crippen LogP contribution is 2.43. The van der Waals surface area contributed by atoms with E-state index in [0.717, 1.165) is 66.6 Å². The molecule has 2 aliphatic rings. The Labute approximate surface area is 170 Å². The summed E-state index contributed by atoms with van der Waals surface area (Å²) in [4.78, 5) is 19.1. The largest absolute Gasteiger partial charge is 0.356 e. The summed E-state index contributed by atoms with van der Waals surface area (Å²) >= 11 is 3.74. The molecule has 1 aliphatic heterocycles. The fourth-order valence-corrected chi connectivity index (χ4v) is 5.30. The molecule has 1 fully saturated rings. The molecule has 0 spiro atoms. The van der Waals surface area contributed by atoms with E-state index in [1.54, 1.807) is 0 Å². The van der Waals surface area contributed by atoms with Crippen LogP contribution in [0.1, 0.15) is 61.8 Å². The van der Waals surface area contributed by atoms with Crippen molar-refractivity contribution in [3.63, 3.8) is 0 Å². The van der Waals surface area contributed by atoms with E-state index in [0.29, 0.717) is 5.92 Å². The van der Waals surface area contributed by atoms with Crippen LogP contribution < -0.4 is 4.90 Å². The quantitative estimate of drug-likeness (QED) is 0.608. The van der Waals surface area contributed by atoms with E-state index in [2.05, 4.69) is 71.1 Å². The van der Waals surface area contributed by atoms with Crippen molar-refractivity contribution in [2.45, 2.75) is 51.4 Å². The van der Waals surface area contributed by atoms with Crippen LogP contribution in [0.5, 0.6) is 0 Å². The molecule has 142 valence electrons. The molecule has 0 radical (unpaired) electrons. The third kappa shape index (κ3) is 3.82. The number of hydrogen-bond donors (Lipinski definition) is 0. The number of aldehydes is 1. The first-order chi connectivity index (χ1) is 13.0. The van der Waals surface area contributed by atoms with Crippen LogP contribution in [0.2, 0.25) is 0 Å². The smallest absolute Gasteiger partial charge is 0.143 e. The van der Waals surface area contributed by atoms with Crippen LogP contribution in [-0.4, -0.2) is 24.4 Å². The number of carbonyl (C=O) groups excluding carboxylic acids is 1. The van der Waals surface area contributed by atoms with Gasteiger partial charge in [0.15, 0.2) is 0 Å². The first-order valence-corrected chi connectivity index (χ1v) is 10.7. The molecule has 0 saturated carbocycles. The summed E-state index contributed by atoms with van der Waals surface area (Å²) in [5, 5.41) is 0. The molecule has 2 heterocycles. The van der Waals surface area contributed by atoms with Gasteiger partial charge in [0.25, 0.3) is 0 Å². The number of halogens is 1. The Bertz CT molecular complexity index is 826. The molecule has 27 heavy (non-hydrogen) atoms. The first-order valence-electron chi connectivity index (χ1n) is 9.91. The minimum Gasteiger partial charge on any atom is -0.356 e. The number of nitrogens with zero attached hydrogens (tertiary/aromatic N) is 2. The van der Waals surface area contributed by atoms with Crippen molar-refractivity contribution < 1.29 is 4.79 Å². The van der Waals surface area contributed by atoms with Crippen LogP contribution in [0.15, 0.2) is 40.9 Å². The van der Waals surface area contributed by atoms with E-state index in [9.17, 15) is 4.79 Å². The molecule has 1 saturated heterocycles. The fourth-order valence-electron chi connectivity index (χ4n) is 4.72. The minimum absolute atomic E-state index is 0.0367. The number of aromatic nitrogens is 1. The molecule has 1 aromatic carbocycles. The van der Waals surface area contributed by atoms with Crippen LogP contribution in [-0.2, 0) is 11.2 Å². The maximum atomic E-state index is 11.6. The van der Waals surface area contributed by atoms with Crippen LogP contribution in [0.3, 0.4) is 0 Å². The monoisotopic (exact) mass is 426 g/mol. The summed E-state index contributed by atoms with van der Waals surface area (Å²) in [7, 11) is 0. The van der Waals surface area contributed by atoms with Crippen LogP contribution in [0, 0.1) is 5.41 Å². The number of piperidine rings is 1. The highest BCUT2D eigenvalue weighted by atomic mass is 79.9. The van der Waals surface area contributed by atoms with Crippen molar-refractivity contribution in [2.75, 3.05) is 18.0 Å². The van der Waals surface area contributed by atoms with Gasteiger partial charge in [-0.3, -0.25) is 0 Å². The first kappa shape index (κ1) is 18.7. The number of anilines is 1. The Morgan fingerprint density at radius 2 is 1.89 bits per heavy atom. The van der Waals surface area contributed by atoms with E-state index < -0.39 is 0 Å². The Kier molecular flexibility index (Phi) is 5.11. The highest BCUT2D eigenvalue weighted by molar-refractivity contribution is 9.10. The lowest BCUT2D eigenvalue weighted by Crippen LogP contribution is -2.35. The highest BCUT2D eigenvalue weighted by Gasteiger charge is 2.34. The summed E-state index contributed by atoms with van der Waals surface area (Å²) in [6.07, 6.45) is 5.24. The lowest BCUT2D eigenvalue weighted by atomic mass is 9.71. The SMILES string of the molecule is CC1(C)Cc2nc(N3CCC(c4ccccc4)CC3)c(Br)cc2C(C=O)C1. The Hall–Kier alpha value is -1.68. The van der Waals surface area contributed by atoms with Gasteiger partial charge in [0.05, 0.1) is 4.47 Å². The maximum Gasteiger partial charge on any atom is 0.143 e. The summed E-state index contributed by atoms with van der Waals surface area (Å²) in [5.74, 6) is 1.64. The van der Waals surface area contributed by atoms with E-state index in [-0.39, 0.29) is 11.3 Å². The summed E-state index contributed by atoms with van der Waals surface area (Å²) in [6.45, 7) is 6.51. The second kappa shape index (κ2) is 7.38. The molecule has 2 aromatic rings. The molecule has 0 bridgehead atoms. The molecule has 1 atom stereocenters. The predicted molar refractivity (Wildman–Crippen MR) is 113 cm³/mol. The van der Waals surface area contributed by atoms with Gasteiger partial charge in [0.2, 0.25) is 0 Å². The zero-order valence-electron chi connectivity index (χ0n) is 16.1. The lowest BCUT2D eigenvalue weighted by Gasteiger charge is -2.37. The Morgan fingerprint density at radius 3 is 2.56 bits per heavy atom. The van der Waals surface area contributed by atoms with Crippen LogP contribution in [0.4, 0.5) is 5.82 Å². The summed E-state index contributed by atoms with van der Waals surface area (Å²) in [5.41, 5.74) is 3.79. The van der Waals surface area contributed by atoms with E-state index in [4.69, 9.17) is 4.98 Å². The summed E-state index contributed by atoms with van der Waals surface area (Å²) < 4.78 is 1.02. The number of rotatable bonds is 3. The number of carbonyl (C=O) groups is 1. The van der Waals surface area contributed by atoms with Crippen molar-refractivity contribution >= 4 is 28.0 Å². The van der Waals surface area contributed by atoms with Gasteiger partial charge in [0.1, 0.15) is 12.1 Å². The van der Waals surface area contributed by atoms with Gasteiger partial charge < -0.3 is 9.69 Å². The van der Waals surface area contributed by atoms with E-state index >= 15 is 0 Å². The van der Waals surface area contributed by atoms with Gasteiger partial charge >= 0.3 is 0 Å². The van der Waals surface area contributed by atoms with Gasteiger partial charge in [-0.05, 0) is 70.1 Å². The molecular formula is C23H27BrN2O. The zero-order chi connectivity index (χ0) is 19.0. The van der Waals surface area contributed by atoms with Gasteiger partial charge in [-0.1, -0.05) is 44.2 Å². The van der Waals surface area contributed by atoms with Crippen LogP contribution in [0.25, 0.3) is 0 Å². The second-order valence-corrected chi connectivity index (χ2v) is 9.64. The van der Waals surface area contributed by atoms with Gasteiger partial charge in [-0.15, -0.1) is 0 Å². The molecule has 3 nitrogen and oxygen atoms in total. The average Bonchev–Trinajstić information content (AvgIpc) is 2.68. The molecule has 1 aliphatic carbocycles. The number of hydrogen-bond acceptors (Lipinski definition) is 3. The van der Waals surface area contributed by atoms with Crippen molar-refractivity contribution in [3.8, 4) is 0 Å². The molecule has 0 amide bonds. The lowest BCUT2D eigenvalue weighted by molar-refractivity contribution is -0.109. The minimum atomic E-state index is -0.0367. The standard InChI is InChI=1S/C23H27BrN2O/c1-23(2)13-18(15-27)19-12-20(24)22(25-21(19)14-23)26-10-8-17(9-11-26)16-6-4-3-5-7-16/h3-7,12,15,17-18H,8-11,13-14H2,1-2H3. The molecule has 4 rings (SSSR count). The third-order valence-corrected chi connectivity index (χ3v) is 6.70. The fraction of sp³-hybridized carbons (Fsp3) is 0.478. The molecule has 1 unspecified atom stereocenters. The van der Waals surface area contributed by atoms with Gasteiger partial charge in [-0.2, -0.15) is 0 Å². The zero-order valence-corrected chi connectivity index (χ0v) is 17.7. The second-order valence-electron chi connectivity index (χ2n) is 8.79. The number of fused-ring (bicyclic) bond motifs is 1. The topological polar surface area (TPSA) is 33.2 Å². The number of benzene rings is 1. The molecular weight excluding hydrogens is 400 g/mol. The van der Waals surface area contributed by atoms with Gasteiger partial charge in [0, 0.05) is 24.7 Å². The van der Waals surface area contributed by atoms with Crippen LogP contribution >= 0.6 is 15.9 Å². The molecule has 4 heteroatoms. The average molecular weight is 427 g/mol. The third-order valence-electron chi connectivity index (χ3n) is 6.12. The van der Waals surface area contributed by atoms with Crippen molar-refractivity contribution in [2.24, 2.45) is 5.41 Å². The normalized spacial score (nSPS) is 22.3. The Balaban J connectivity index is 1.56. The maximum absolute atomic E-state index is 11.6. The van der Waals surface area contributed by atoms with E-state index in [1.165, 1.54) is 5.56 Å². The number of pyridine rings is 1. The van der Waals surface area contributed by atoms with Crippen molar-refractivity contribution in [1.29, 1.82) is 0 Å². The molecule has 1 aromatic heterocycles. The van der Waals surface area contributed by atoms with Crippen molar-refractivity contribution in [3.05, 3.63) is 57.7 Å². The molecule has 0 N–H and O–H groups in total. The van der Waals surface area contributed by atoms with Crippen molar-refractivity contribution in [1.82, 2.24) is 4.98 Å².